The predicted molar refractivity (Wildman–Crippen MR) is 77.6 cm³/mol. The summed E-state index contributed by atoms with van der Waals surface area (Å²) in [6, 6.07) is 4.74. The monoisotopic (exact) mass is 294 g/mol. The lowest BCUT2D eigenvalue weighted by Crippen LogP contribution is -2.24. The number of benzene rings is 1. The zero-order valence-electron chi connectivity index (χ0n) is 11.7. The molecule has 0 saturated heterocycles. The molecule has 20 heavy (non-hydrogen) atoms. The van der Waals surface area contributed by atoms with E-state index in [0.717, 1.165) is 11.3 Å². The normalized spacial score (nSPS) is 11.8. The van der Waals surface area contributed by atoms with Crippen LogP contribution in [0.4, 0.5) is 5.69 Å². The SMILES string of the molecule is Cc1cc(N)ccc1S(=O)(=O)NCc1cn(C)nc1C. The van der Waals surface area contributed by atoms with Gasteiger partial charge in [0.1, 0.15) is 0 Å². The van der Waals surface area contributed by atoms with Gasteiger partial charge in [-0.05, 0) is 37.6 Å². The summed E-state index contributed by atoms with van der Waals surface area (Å²) in [7, 11) is -1.76. The van der Waals surface area contributed by atoms with Gasteiger partial charge in [-0.2, -0.15) is 5.10 Å². The summed E-state index contributed by atoms with van der Waals surface area (Å²) in [5.41, 5.74) is 8.46. The summed E-state index contributed by atoms with van der Waals surface area (Å²) in [5, 5.41) is 4.18. The van der Waals surface area contributed by atoms with Crippen LogP contribution in [0.3, 0.4) is 0 Å². The molecule has 108 valence electrons. The summed E-state index contributed by atoms with van der Waals surface area (Å²) < 4.78 is 28.8. The van der Waals surface area contributed by atoms with E-state index >= 15 is 0 Å². The van der Waals surface area contributed by atoms with Crippen molar-refractivity contribution in [3.05, 3.63) is 41.2 Å². The molecule has 0 aliphatic rings. The molecule has 1 aromatic heterocycles. The number of sulfonamides is 1. The molecule has 0 spiro atoms. The van der Waals surface area contributed by atoms with Crippen LogP contribution in [-0.4, -0.2) is 18.2 Å². The van der Waals surface area contributed by atoms with E-state index in [9.17, 15) is 8.42 Å². The molecule has 0 radical (unpaired) electrons. The Kier molecular flexibility index (Phi) is 3.82. The first-order valence-electron chi connectivity index (χ1n) is 6.14. The Morgan fingerprint density at radius 3 is 2.60 bits per heavy atom. The Hall–Kier alpha value is -1.86. The molecule has 0 fully saturated rings. The van der Waals surface area contributed by atoms with Crippen molar-refractivity contribution >= 4 is 15.7 Å². The number of nitrogens with one attached hydrogen (secondary N) is 1. The van der Waals surface area contributed by atoms with Crippen LogP contribution in [-0.2, 0) is 23.6 Å². The first kappa shape index (κ1) is 14.5. The second kappa shape index (κ2) is 5.26. The fourth-order valence-electron chi connectivity index (χ4n) is 2.05. The van der Waals surface area contributed by atoms with E-state index in [1.165, 1.54) is 6.07 Å². The van der Waals surface area contributed by atoms with Crippen LogP contribution in [0.25, 0.3) is 0 Å². The third-order valence-corrected chi connectivity index (χ3v) is 4.62. The molecular formula is C13H18N4O2S. The van der Waals surface area contributed by atoms with Crippen LogP contribution in [0.2, 0.25) is 0 Å². The van der Waals surface area contributed by atoms with Gasteiger partial charge in [0.15, 0.2) is 0 Å². The van der Waals surface area contributed by atoms with E-state index in [4.69, 9.17) is 5.73 Å². The topological polar surface area (TPSA) is 90.0 Å². The highest BCUT2D eigenvalue weighted by atomic mass is 32.2. The van der Waals surface area contributed by atoms with Crippen LogP contribution >= 0.6 is 0 Å². The van der Waals surface area contributed by atoms with Gasteiger partial charge in [-0.15, -0.1) is 0 Å². The average Bonchev–Trinajstić information content (AvgIpc) is 2.65. The van der Waals surface area contributed by atoms with E-state index in [1.54, 1.807) is 37.0 Å². The highest BCUT2D eigenvalue weighted by molar-refractivity contribution is 7.89. The van der Waals surface area contributed by atoms with E-state index in [2.05, 4.69) is 9.82 Å². The van der Waals surface area contributed by atoms with Gasteiger partial charge in [0, 0.05) is 31.0 Å². The zero-order valence-corrected chi connectivity index (χ0v) is 12.5. The Morgan fingerprint density at radius 1 is 1.35 bits per heavy atom. The van der Waals surface area contributed by atoms with E-state index in [-0.39, 0.29) is 11.4 Å². The molecule has 0 amide bonds. The number of anilines is 1. The Labute approximate surface area is 118 Å². The number of aromatic nitrogens is 2. The summed E-state index contributed by atoms with van der Waals surface area (Å²) in [6.07, 6.45) is 1.80. The molecule has 0 atom stereocenters. The van der Waals surface area contributed by atoms with Gasteiger partial charge in [-0.25, -0.2) is 13.1 Å². The van der Waals surface area contributed by atoms with Gasteiger partial charge in [0.05, 0.1) is 10.6 Å². The van der Waals surface area contributed by atoms with Crippen molar-refractivity contribution in [1.29, 1.82) is 0 Å². The van der Waals surface area contributed by atoms with E-state index < -0.39 is 10.0 Å². The molecule has 3 N–H and O–H groups in total. The van der Waals surface area contributed by atoms with Gasteiger partial charge >= 0.3 is 0 Å². The summed E-state index contributed by atoms with van der Waals surface area (Å²) in [4.78, 5) is 0.244. The number of aryl methyl sites for hydroxylation is 3. The Balaban J connectivity index is 2.21. The molecule has 0 aliphatic carbocycles. The second-order valence-electron chi connectivity index (χ2n) is 4.76. The van der Waals surface area contributed by atoms with Crippen LogP contribution in [0.1, 0.15) is 16.8 Å². The van der Waals surface area contributed by atoms with E-state index in [0.29, 0.717) is 11.3 Å². The molecule has 7 heteroatoms. The van der Waals surface area contributed by atoms with E-state index in [1.807, 2.05) is 6.92 Å². The van der Waals surface area contributed by atoms with Crippen molar-refractivity contribution in [3.8, 4) is 0 Å². The molecule has 6 nitrogen and oxygen atoms in total. The standard InChI is InChI=1S/C13H18N4O2S/c1-9-6-12(14)4-5-13(9)20(18,19)15-7-11-8-17(3)16-10(11)2/h4-6,8,15H,7,14H2,1-3H3. The van der Waals surface area contributed by atoms with Crippen LogP contribution < -0.4 is 10.5 Å². The minimum absolute atomic E-state index is 0.214. The molecule has 0 unspecified atom stereocenters. The third-order valence-electron chi connectivity index (χ3n) is 3.06. The van der Waals surface area contributed by atoms with Crippen LogP contribution in [0, 0.1) is 13.8 Å². The smallest absolute Gasteiger partial charge is 0.241 e. The van der Waals surface area contributed by atoms with Crippen LogP contribution in [0.15, 0.2) is 29.3 Å². The summed E-state index contributed by atoms with van der Waals surface area (Å²) >= 11 is 0. The lowest BCUT2D eigenvalue weighted by atomic mass is 10.2. The Morgan fingerprint density at radius 2 is 2.05 bits per heavy atom. The van der Waals surface area contributed by atoms with Crippen molar-refractivity contribution in [2.75, 3.05) is 5.73 Å². The second-order valence-corrected chi connectivity index (χ2v) is 6.50. The molecule has 2 rings (SSSR count). The summed E-state index contributed by atoms with van der Waals surface area (Å²) in [5.74, 6) is 0. The number of nitrogen functional groups attached to an aromatic ring is 1. The maximum atomic E-state index is 12.3. The highest BCUT2D eigenvalue weighted by Crippen LogP contribution is 2.18. The third kappa shape index (κ3) is 3.00. The van der Waals surface area contributed by atoms with Crippen molar-refractivity contribution in [2.24, 2.45) is 7.05 Å². The first-order chi connectivity index (χ1) is 9.29. The maximum Gasteiger partial charge on any atom is 0.241 e. The first-order valence-corrected chi connectivity index (χ1v) is 7.63. The molecule has 1 heterocycles. The molecule has 0 saturated carbocycles. The number of rotatable bonds is 4. The van der Waals surface area contributed by atoms with Gasteiger partial charge in [0.2, 0.25) is 10.0 Å². The van der Waals surface area contributed by atoms with Gasteiger partial charge in [-0.3, -0.25) is 4.68 Å². The number of hydrogen-bond donors (Lipinski definition) is 2. The van der Waals surface area contributed by atoms with Crippen molar-refractivity contribution in [1.82, 2.24) is 14.5 Å². The summed E-state index contributed by atoms with van der Waals surface area (Å²) in [6.45, 7) is 3.78. The van der Waals surface area contributed by atoms with Gasteiger partial charge < -0.3 is 5.73 Å². The predicted octanol–water partition coefficient (Wildman–Crippen LogP) is 1.10. The van der Waals surface area contributed by atoms with Gasteiger partial charge in [-0.1, -0.05) is 0 Å². The lowest BCUT2D eigenvalue weighted by molar-refractivity contribution is 0.580. The number of nitrogens with zero attached hydrogens (tertiary/aromatic N) is 2. The van der Waals surface area contributed by atoms with Crippen molar-refractivity contribution in [2.45, 2.75) is 25.3 Å². The minimum atomic E-state index is -3.56. The number of hydrogen-bond acceptors (Lipinski definition) is 4. The zero-order chi connectivity index (χ0) is 14.9. The van der Waals surface area contributed by atoms with Gasteiger partial charge in [0.25, 0.3) is 0 Å². The van der Waals surface area contributed by atoms with Crippen LogP contribution in [0.5, 0.6) is 0 Å². The molecule has 0 bridgehead atoms. The quantitative estimate of drug-likeness (QED) is 0.826. The number of nitrogens with two attached hydrogens (primary N) is 1. The highest BCUT2D eigenvalue weighted by Gasteiger charge is 2.17. The largest absolute Gasteiger partial charge is 0.399 e. The molecule has 1 aromatic carbocycles. The maximum absolute atomic E-state index is 12.3. The Bertz CT molecular complexity index is 735. The minimum Gasteiger partial charge on any atom is -0.399 e. The fourth-order valence-corrected chi connectivity index (χ4v) is 3.28. The molecule has 0 aliphatic heterocycles. The van der Waals surface area contributed by atoms with Crippen molar-refractivity contribution in [3.63, 3.8) is 0 Å². The molecular weight excluding hydrogens is 276 g/mol. The molecule has 2 aromatic rings. The lowest BCUT2D eigenvalue weighted by Gasteiger charge is -2.09. The average molecular weight is 294 g/mol. The fraction of sp³-hybridized carbons (Fsp3) is 0.308. The van der Waals surface area contributed by atoms with Crippen molar-refractivity contribution < 1.29 is 8.42 Å².